The molecule has 2 N–H and O–H groups in total. The second kappa shape index (κ2) is 4.84. The highest BCUT2D eigenvalue weighted by Gasteiger charge is 2.30. The first-order valence-electron chi connectivity index (χ1n) is 5.63. The van der Waals surface area contributed by atoms with E-state index in [1.54, 1.807) is 0 Å². The predicted molar refractivity (Wildman–Crippen MR) is 59.9 cm³/mol. The van der Waals surface area contributed by atoms with Crippen molar-refractivity contribution in [2.75, 3.05) is 6.54 Å². The van der Waals surface area contributed by atoms with Crippen molar-refractivity contribution in [2.45, 2.75) is 58.2 Å². The van der Waals surface area contributed by atoms with Crippen molar-refractivity contribution in [3.05, 3.63) is 0 Å². The largest absolute Gasteiger partial charge is 0.444 e. The Morgan fingerprint density at radius 3 is 2.40 bits per heavy atom. The van der Waals surface area contributed by atoms with Crippen LogP contribution in [0.1, 0.15) is 40.5 Å². The van der Waals surface area contributed by atoms with Gasteiger partial charge in [-0.05, 0) is 40.2 Å². The molecule has 4 heteroatoms. The van der Waals surface area contributed by atoms with E-state index >= 15 is 0 Å². The van der Waals surface area contributed by atoms with Crippen LogP contribution in [-0.4, -0.2) is 30.3 Å². The van der Waals surface area contributed by atoms with Gasteiger partial charge in [0.05, 0.1) is 0 Å². The molecule has 0 radical (unpaired) electrons. The SMILES string of the molecule is CCNC1CC(NC(=O)OC(C)(C)C)C1. The molecule has 88 valence electrons. The van der Waals surface area contributed by atoms with Gasteiger partial charge in [-0.15, -0.1) is 0 Å². The van der Waals surface area contributed by atoms with Crippen LogP contribution in [0.4, 0.5) is 4.79 Å². The van der Waals surface area contributed by atoms with Crippen molar-refractivity contribution in [3.63, 3.8) is 0 Å². The smallest absolute Gasteiger partial charge is 0.407 e. The summed E-state index contributed by atoms with van der Waals surface area (Å²) in [4.78, 5) is 11.4. The van der Waals surface area contributed by atoms with Crippen molar-refractivity contribution in [1.82, 2.24) is 10.6 Å². The lowest BCUT2D eigenvalue weighted by atomic mass is 9.87. The Morgan fingerprint density at radius 1 is 1.33 bits per heavy atom. The van der Waals surface area contributed by atoms with Crippen LogP contribution in [-0.2, 0) is 4.74 Å². The third-order valence-electron chi connectivity index (χ3n) is 2.35. The average molecular weight is 214 g/mol. The lowest BCUT2D eigenvalue weighted by molar-refractivity contribution is 0.0466. The fourth-order valence-electron chi connectivity index (χ4n) is 1.67. The van der Waals surface area contributed by atoms with E-state index in [9.17, 15) is 4.79 Å². The Labute approximate surface area is 91.8 Å². The quantitative estimate of drug-likeness (QED) is 0.751. The standard InChI is InChI=1S/C11H22N2O2/c1-5-12-8-6-9(7-8)13-10(14)15-11(2,3)4/h8-9,12H,5-7H2,1-4H3,(H,13,14). The van der Waals surface area contributed by atoms with Crippen LogP contribution in [0.25, 0.3) is 0 Å². The predicted octanol–water partition coefficient (Wildman–Crippen LogP) is 1.65. The van der Waals surface area contributed by atoms with Gasteiger partial charge in [0.2, 0.25) is 0 Å². The van der Waals surface area contributed by atoms with Gasteiger partial charge in [-0.3, -0.25) is 0 Å². The lowest BCUT2D eigenvalue weighted by Gasteiger charge is -2.36. The summed E-state index contributed by atoms with van der Waals surface area (Å²) in [5.74, 6) is 0. The molecule has 0 aliphatic heterocycles. The van der Waals surface area contributed by atoms with Gasteiger partial charge in [0.15, 0.2) is 0 Å². The molecule has 0 spiro atoms. The highest BCUT2D eigenvalue weighted by molar-refractivity contribution is 5.68. The van der Waals surface area contributed by atoms with E-state index in [4.69, 9.17) is 4.74 Å². The van der Waals surface area contributed by atoms with Gasteiger partial charge in [0.25, 0.3) is 0 Å². The summed E-state index contributed by atoms with van der Waals surface area (Å²) in [5, 5.41) is 6.20. The first-order valence-corrected chi connectivity index (χ1v) is 5.63. The lowest BCUT2D eigenvalue weighted by Crippen LogP contribution is -2.53. The molecule has 0 saturated heterocycles. The molecular weight excluding hydrogens is 192 g/mol. The van der Waals surface area contributed by atoms with Crippen LogP contribution < -0.4 is 10.6 Å². The van der Waals surface area contributed by atoms with E-state index in [0.29, 0.717) is 6.04 Å². The zero-order chi connectivity index (χ0) is 11.5. The zero-order valence-electron chi connectivity index (χ0n) is 10.1. The van der Waals surface area contributed by atoms with Gasteiger partial charge in [-0.25, -0.2) is 4.79 Å². The summed E-state index contributed by atoms with van der Waals surface area (Å²) in [5.41, 5.74) is -0.408. The van der Waals surface area contributed by atoms with Gasteiger partial charge in [-0.1, -0.05) is 6.92 Å². The molecule has 1 saturated carbocycles. The summed E-state index contributed by atoms with van der Waals surface area (Å²) in [6.07, 6.45) is 1.71. The highest BCUT2D eigenvalue weighted by Crippen LogP contribution is 2.20. The Kier molecular flexibility index (Phi) is 3.97. The molecule has 0 unspecified atom stereocenters. The van der Waals surface area contributed by atoms with E-state index in [1.165, 1.54) is 0 Å². The maximum Gasteiger partial charge on any atom is 0.407 e. The number of ether oxygens (including phenoxy) is 1. The summed E-state index contributed by atoms with van der Waals surface area (Å²) in [6.45, 7) is 8.69. The van der Waals surface area contributed by atoms with Crippen LogP contribution in [0.2, 0.25) is 0 Å². The van der Waals surface area contributed by atoms with Crippen LogP contribution in [0.15, 0.2) is 0 Å². The molecule has 15 heavy (non-hydrogen) atoms. The van der Waals surface area contributed by atoms with Crippen molar-refractivity contribution >= 4 is 6.09 Å². The van der Waals surface area contributed by atoms with E-state index in [2.05, 4.69) is 17.6 Å². The molecule has 1 rings (SSSR count). The number of hydrogen-bond donors (Lipinski definition) is 2. The third kappa shape index (κ3) is 4.51. The highest BCUT2D eigenvalue weighted by atomic mass is 16.6. The maximum absolute atomic E-state index is 11.4. The first kappa shape index (κ1) is 12.3. The summed E-state index contributed by atoms with van der Waals surface area (Å²) < 4.78 is 5.17. The van der Waals surface area contributed by atoms with E-state index in [-0.39, 0.29) is 12.1 Å². The van der Waals surface area contributed by atoms with Gasteiger partial charge in [0, 0.05) is 12.1 Å². The van der Waals surface area contributed by atoms with Crippen LogP contribution in [0.5, 0.6) is 0 Å². The first-order chi connectivity index (χ1) is 6.90. The average Bonchev–Trinajstić information content (AvgIpc) is 1.97. The molecule has 1 amide bonds. The van der Waals surface area contributed by atoms with Crippen LogP contribution in [0, 0.1) is 0 Å². The number of alkyl carbamates (subject to hydrolysis) is 1. The summed E-state index contributed by atoms with van der Waals surface area (Å²) >= 11 is 0. The second-order valence-electron chi connectivity index (χ2n) is 5.07. The van der Waals surface area contributed by atoms with Crippen molar-refractivity contribution < 1.29 is 9.53 Å². The molecule has 1 aliphatic rings. The molecule has 0 aromatic rings. The third-order valence-corrected chi connectivity index (χ3v) is 2.35. The summed E-state index contributed by atoms with van der Waals surface area (Å²) in [6, 6.07) is 0.846. The molecule has 0 bridgehead atoms. The minimum absolute atomic E-state index is 0.281. The Bertz CT molecular complexity index is 217. The number of rotatable bonds is 3. The van der Waals surface area contributed by atoms with Crippen LogP contribution in [0.3, 0.4) is 0 Å². The molecule has 1 aliphatic carbocycles. The van der Waals surface area contributed by atoms with Crippen LogP contribution >= 0.6 is 0 Å². The normalized spacial score (nSPS) is 25.6. The number of carbonyl (C=O) groups is 1. The molecule has 4 nitrogen and oxygen atoms in total. The van der Waals surface area contributed by atoms with Crippen molar-refractivity contribution in [1.29, 1.82) is 0 Å². The summed E-state index contributed by atoms with van der Waals surface area (Å²) in [7, 11) is 0. The molecule has 0 atom stereocenters. The van der Waals surface area contributed by atoms with Gasteiger partial charge in [0.1, 0.15) is 5.60 Å². The van der Waals surface area contributed by atoms with Gasteiger partial charge >= 0.3 is 6.09 Å². The fourth-order valence-corrected chi connectivity index (χ4v) is 1.67. The monoisotopic (exact) mass is 214 g/mol. The fraction of sp³-hybridized carbons (Fsp3) is 0.909. The Morgan fingerprint density at radius 2 is 1.93 bits per heavy atom. The zero-order valence-corrected chi connectivity index (χ0v) is 10.1. The Hall–Kier alpha value is -0.770. The molecule has 0 aromatic carbocycles. The number of amides is 1. The number of hydrogen-bond acceptors (Lipinski definition) is 3. The van der Waals surface area contributed by atoms with E-state index in [0.717, 1.165) is 19.4 Å². The molecule has 0 heterocycles. The van der Waals surface area contributed by atoms with Gasteiger partial charge in [-0.2, -0.15) is 0 Å². The van der Waals surface area contributed by atoms with Crippen molar-refractivity contribution in [2.24, 2.45) is 0 Å². The van der Waals surface area contributed by atoms with E-state index in [1.807, 2.05) is 20.8 Å². The molecule has 1 fully saturated rings. The van der Waals surface area contributed by atoms with E-state index < -0.39 is 5.60 Å². The second-order valence-corrected chi connectivity index (χ2v) is 5.07. The number of carbonyl (C=O) groups excluding carboxylic acids is 1. The van der Waals surface area contributed by atoms with Crippen molar-refractivity contribution in [3.8, 4) is 0 Å². The Balaban J connectivity index is 2.14. The molecule has 0 aromatic heterocycles. The number of nitrogens with one attached hydrogen (secondary N) is 2. The molecular formula is C11H22N2O2. The minimum atomic E-state index is -0.408. The minimum Gasteiger partial charge on any atom is -0.444 e. The van der Waals surface area contributed by atoms with Gasteiger partial charge < -0.3 is 15.4 Å². The topological polar surface area (TPSA) is 50.4 Å². The maximum atomic E-state index is 11.4.